The summed E-state index contributed by atoms with van der Waals surface area (Å²) < 4.78 is 0. The van der Waals surface area contributed by atoms with Crippen LogP contribution in [0.1, 0.15) is 13.8 Å². The Kier molecular flexibility index (Phi) is 1.15. The van der Waals surface area contributed by atoms with Crippen LogP contribution in [-0.4, -0.2) is 9.52 Å². The first kappa shape index (κ1) is 4.85. The molecule has 0 saturated heterocycles. The van der Waals surface area contributed by atoms with Gasteiger partial charge in [0.25, 0.3) is 0 Å². The van der Waals surface area contributed by atoms with Gasteiger partial charge < -0.3 is 0 Å². The van der Waals surface area contributed by atoms with Crippen LogP contribution in [0, 0.1) is 0 Å². The topological polar surface area (TPSA) is 0 Å². The summed E-state index contributed by atoms with van der Waals surface area (Å²) in [5.41, 5.74) is 0. The maximum absolute atomic E-state index is 2.24. The van der Waals surface area contributed by atoms with Crippen LogP contribution in [0.5, 0.6) is 0 Å². The zero-order valence-electron chi connectivity index (χ0n) is 4.86. The first-order chi connectivity index (χ1) is 3.29. The van der Waals surface area contributed by atoms with E-state index in [2.05, 4.69) is 26.0 Å². The van der Waals surface area contributed by atoms with E-state index in [9.17, 15) is 0 Å². The van der Waals surface area contributed by atoms with Gasteiger partial charge in [0.2, 0.25) is 0 Å². The maximum Gasteiger partial charge on any atom is 0.0766 e. The van der Waals surface area contributed by atoms with E-state index in [1.54, 1.807) is 10.4 Å². The van der Waals surface area contributed by atoms with Crippen LogP contribution in [0.15, 0.2) is 22.5 Å². The summed E-state index contributed by atoms with van der Waals surface area (Å²) in [5, 5.41) is 3.25. The summed E-state index contributed by atoms with van der Waals surface area (Å²) >= 11 is 0. The van der Waals surface area contributed by atoms with Crippen molar-refractivity contribution in [3.8, 4) is 0 Å². The highest BCUT2D eigenvalue weighted by atomic mass is 28.2. The molecular weight excluding hydrogens is 100 g/mol. The summed E-state index contributed by atoms with van der Waals surface area (Å²) in [6.45, 7) is 4.44. The Labute approximate surface area is 46.8 Å². The van der Waals surface area contributed by atoms with Crippen molar-refractivity contribution in [1.29, 1.82) is 0 Å². The van der Waals surface area contributed by atoms with Gasteiger partial charge >= 0.3 is 0 Å². The second-order valence-electron chi connectivity index (χ2n) is 2.20. The fraction of sp³-hybridized carbons (Fsp3) is 0.333. The Balaban J connectivity index is 2.61. The number of allylic oxidation sites excluding steroid dienone is 4. The fourth-order valence-electron chi connectivity index (χ4n) is 0.842. The molecule has 0 atom stereocenters. The lowest BCUT2D eigenvalue weighted by atomic mass is 10.5. The lowest BCUT2D eigenvalue weighted by Gasteiger charge is -1.85. The molecule has 0 saturated carbocycles. The van der Waals surface area contributed by atoms with Crippen molar-refractivity contribution < 1.29 is 0 Å². The van der Waals surface area contributed by atoms with Crippen LogP contribution in [0.3, 0.4) is 0 Å². The van der Waals surface area contributed by atoms with Crippen LogP contribution in [0.2, 0.25) is 0 Å². The Morgan fingerprint density at radius 2 is 1.57 bits per heavy atom. The van der Waals surface area contributed by atoms with Crippen molar-refractivity contribution in [3.63, 3.8) is 0 Å². The van der Waals surface area contributed by atoms with E-state index in [-0.39, 0.29) is 9.52 Å². The van der Waals surface area contributed by atoms with Crippen molar-refractivity contribution in [2.45, 2.75) is 13.8 Å². The highest BCUT2D eigenvalue weighted by Crippen LogP contribution is 2.06. The summed E-state index contributed by atoms with van der Waals surface area (Å²) in [7, 11) is 0.114. The molecule has 1 heteroatoms. The molecule has 0 aromatic heterocycles. The van der Waals surface area contributed by atoms with Gasteiger partial charge in [-0.1, -0.05) is 22.5 Å². The van der Waals surface area contributed by atoms with E-state index >= 15 is 0 Å². The summed E-state index contributed by atoms with van der Waals surface area (Å²) in [5.74, 6) is 0. The third-order valence-corrected chi connectivity index (χ3v) is 2.80. The van der Waals surface area contributed by atoms with Gasteiger partial charge in [-0.25, -0.2) is 0 Å². The molecule has 7 heavy (non-hydrogen) atoms. The Morgan fingerprint density at radius 3 is 1.71 bits per heavy atom. The van der Waals surface area contributed by atoms with Gasteiger partial charge in [0, 0.05) is 0 Å². The minimum absolute atomic E-state index is 0.114. The van der Waals surface area contributed by atoms with Crippen LogP contribution >= 0.6 is 0 Å². The molecule has 0 bridgehead atoms. The van der Waals surface area contributed by atoms with E-state index in [4.69, 9.17) is 0 Å². The van der Waals surface area contributed by atoms with Crippen LogP contribution in [0.25, 0.3) is 0 Å². The molecule has 0 fully saturated rings. The molecule has 0 N–H and O–H groups in total. The minimum atomic E-state index is 0.114. The summed E-state index contributed by atoms with van der Waals surface area (Å²) in [6, 6.07) is 0. The molecule has 0 spiro atoms. The minimum Gasteiger partial charge on any atom is -0.0861 e. The third kappa shape index (κ3) is 1.03. The number of hydrogen-bond donors (Lipinski definition) is 0. The standard InChI is InChI=1S/C6H10Si/c1-5-3-4-6(2)7-5/h3-4H,7H2,1-2H3. The fourth-order valence-corrected chi connectivity index (χ4v) is 2.19. The van der Waals surface area contributed by atoms with Gasteiger partial charge in [0.05, 0.1) is 9.52 Å². The van der Waals surface area contributed by atoms with Crippen molar-refractivity contribution in [2.75, 3.05) is 0 Å². The molecule has 0 aliphatic carbocycles. The quantitative estimate of drug-likeness (QED) is 0.408. The molecule has 1 aliphatic heterocycles. The molecule has 0 radical (unpaired) electrons. The van der Waals surface area contributed by atoms with Gasteiger partial charge in [-0.05, 0) is 13.8 Å². The van der Waals surface area contributed by atoms with Crippen molar-refractivity contribution in [3.05, 3.63) is 22.5 Å². The smallest absolute Gasteiger partial charge is 0.0766 e. The first-order valence-electron chi connectivity index (χ1n) is 2.62. The lowest BCUT2D eigenvalue weighted by molar-refractivity contribution is 1.66. The van der Waals surface area contributed by atoms with E-state index in [0.717, 1.165) is 0 Å². The maximum atomic E-state index is 2.24. The monoisotopic (exact) mass is 110 g/mol. The molecule has 38 valence electrons. The van der Waals surface area contributed by atoms with Gasteiger partial charge in [0.15, 0.2) is 0 Å². The van der Waals surface area contributed by atoms with Crippen molar-refractivity contribution >= 4 is 9.52 Å². The third-order valence-electron chi connectivity index (χ3n) is 1.21. The predicted octanol–water partition coefficient (Wildman–Crippen LogP) is 0.976. The van der Waals surface area contributed by atoms with Crippen molar-refractivity contribution in [1.82, 2.24) is 0 Å². The summed E-state index contributed by atoms with van der Waals surface area (Å²) in [4.78, 5) is 0. The zero-order valence-corrected chi connectivity index (χ0v) is 6.28. The van der Waals surface area contributed by atoms with E-state index in [0.29, 0.717) is 0 Å². The average molecular weight is 110 g/mol. The van der Waals surface area contributed by atoms with Crippen LogP contribution in [0.4, 0.5) is 0 Å². The van der Waals surface area contributed by atoms with Gasteiger partial charge in [0.1, 0.15) is 0 Å². The van der Waals surface area contributed by atoms with Gasteiger partial charge in [-0.15, -0.1) is 0 Å². The first-order valence-corrected chi connectivity index (χ1v) is 4.03. The molecule has 0 nitrogen and oxygen atoms in total. The molecule has 0 aromatic carbocycles. The largest absolute Gasteiger partial charge is 0.0861 e. The average Bonchev–Trinajstić information content (AvgIpc) is 1.87. The highest BCUT2D eigenvalue weighted by molar-refractivity contribution is 6.54. The van der Waals surface area contributed by atoms with E-state index in [1.807, 2.05) is 0 Å². The zero-order chi connectivity index (χ0) is 5.28. The molecule has 0 unspecified atom stereocenters. The lowest BCUT2D eigenvalue weighted by Crippen LogP contribution is -1.86. The Hall–Kier alpha value is -0.303. The SMILES string of the molecule is CC1=CC=C(C)[SiH2]1. The molecule has 0 amide bonds. The van der Waals surface area contributed by atoms with Crippen LogP contribution in [-0.2, 0) is 0 Å². The second-order valence-corrected chi connectivity index (χ2v) is 4.79. The van der Waals surface area contributed by atoms with Gasteiger partial charge in [-0.2, -0.15) is 0 Å². The molecule has 0 aromatic rings. The van der Waals surface area contributed by atoms with E-state index in [1.165, 1.54) is 0 Å². The number of rotatable bonds is 0. The van der Waals surface area contributed by atoms with Crippen molar-refractivity contribution in [2.24, 2.45) is 0 Å². The highest BCUT2D eigenvalue weighted by Gasteiger charge is 1.96. The Bertz CT molecular complexity index is 115. The molecular formula is C6H10Si. The van der Waals surface area contributed by atoms with Crippen LogP contribution < -0.4 is 0 Å². The predicted molar refractivity (Wildman–Crippen MR) is 36.1 cm³/mol. The van der Waals surface area contributed by atoms with E-state index < -0.39 is 0 Å². The normalized spacial score (nSPS) is 19.1. The summed E-state index contributed by atoms with van der Waals surface area (Å²) in [6.07, 6.45) is 4.48. The molecule has 1 heterocycles. The molecule has 1 aliphatic rings. The molecule has 1 rings (SSSR count). The van der Waals surface area contributed by atoms with Gasteiger partial charge in [-0.3, -0.25) is 0 Å². The number of hydrogen-bond acceptors (Lipinski definition) is 0. The second kappa shape index (κ2) is 1.66. The Morgan fingerprint density at radius 1 is 1.14 bits per heavy atom.